The number of likely N-dealkylation sites (N-methyl/N-ethyl adjacent to an activating group) is 1. The van der Waals surface area contributed by atoms with E-state index in [9.17, 15) is 0 Å². The van der Waals surface area contributed by atoms with Crippen LogP contribution < -0.4 is 5.32 Å². The molecular formula is C14H31N3. The van der Waals surface area contributed by atoms with Gasteiger partial charge in [-0.25, -0.2) is 0 Å². The van der Waals surface area contributed by atoms with Crippen LogP contribution in [0.5, 0.6) is 0 Å². The van der Waals surface area contributed by atoms with Crippen LogP contribution >= 0.6 is 0 Å². The van der Waals surface area contributed by atoms with E-state index in [2.05, 4.69) is 56.8 Å². The summed E-state index contributed by atoms with van der Waals surface area (Å²) in [7, 11) is 4.30. The smallest absolute Gasteiger partial charge is 0.0278 e. The molecule has 0 spiro atoms. The molecule has 0 bridgehead atoms. The number of piperazine rings is 1. The zero-order valence-corrected chi connectivity index (χ0v) is 12.8. The predicted molar refractivity (Wildman–Crippen MR) is 75.5 cm³/mol. The van der Waals surface area contributed by atoms with Gasteiger partial charge in [0.25, 0.3) is 0 Å². The largest absolute Gasteiger partial charge is 0.320 e. The van der Waals surface area contributed by atoms with Gasteiger partial charge in [0.05, 0.1) is 0 Å². The lowest BCUT2D eigenvalue weighted by Crippen LogP contribution is -2.66. The van der Waals surface area contributed by atoms with Crippen LogP contribution in [0.25, 0.3) is 0 Å². The first-order chi connectivity index (χ1) is 7.68. The number of hydrogen-bond acceptors (Lipinski definition) is 3. The zero-order chi connectivity index (χ0) is 13.3. The molecule has 1 aliphatic heterocycles. The van der Waals surface area contributed by atoms with E-state index in [4.69, 9.17) is 0 Å². The van der Waals surface area contributed by atoms with Gasteiger partial charge in [0, 0.05) is 30.2 Å². The van der Waals surface area contributed by atoms with Crippen LogP contribution in [0.3, 0.4) is 0 Å². The lowest BCUT2D eigenvalue weighted by molar-refractivity contribution is -0.0487. The van der Waals surface area contributed by atoms with E-state index in [-0.39, 0.29) is 11.1 Å². The number of nitrogens with one attached hydrogen (secondary N) is 1. The molecule has 0 aromatic heterocycles. The SMILES string of the molecule is CNCCC1CN(C)C(C)(C)CN1C(C)(C)C. The van der Waals surface area contributed by atoms with Crippen LogP contribution in [0.4, 0.5) is 0 Å². The van der Waals surface area contributed by atoms with E-state index < -0.39 is 0 Å². The van der Waals surface area contributed by atoms with Gasteiger partial charge in [0.2, 0.25) is 0 Å². The molecule has 1 aliphatic rings. The molecule has 0 aliphatic carbocycles. The number of rotatable bonds is 3. The van der Waals surface area contributed by atoms with Crippen LogP contribution in [-0.4, -0.2) is 60.6 Å². The Bertz CT molecular complexity index is 242. The first kappa shape index (κ1) is 14.9. The summed E-state index contributed by atoms with van der Waals surface area (Å²) in [5, 5.41) is 3.28. The molecule has 0 aromatic carbocycles. The quantitative estimate of drug-likeness (QED) is 0.813. The standard InChI is InChI=1S/C14H31N3/c1-13(2,3)17-11-14(4,5)16(7)10-12(17)8-9-15-6/h12,15H,8-11H2,1-7H3. The number of nitrogens with zero attached hydrogens (tertiary/aromatic N) is 2. The topological polar surface area (TPSA) is 18.5 Å². The summed E-state index contributed by atoms with van der Waals surface area (Å²) in [5.41, 5.74) is 0.542. The Labute approximate surface area is 108 Å². The van der Waals surface area contributed by atoms with Gasteiger partial charge in [-0.2, -0.15) is 0 Å². The van der Waals surface area contributed by atoms with Crippen LogP contribution in [-0.2, 0) is 0 Å². The summed E-state index contributed by atoms with van der Waals surface area (Å²) in [6.07, 6.45) is 1.23. The highest BCUT2D eigenvalue weighted by molar-refractivity contribution is 4.97. The minimum absolute atomic E-state index is 0.261. The minimum atomic E-state index is 0.261. The molecule has 1 unspecified atom stereocenters. The third-order valence-electron chi connectivity index (χ3n) is 4.11. The third kappa shape index (κ3) is 3.67. The first-order valence-electron chi connectivity index (χ1n) is 6.81. The Morgan fingerprint density at radius 3 is 2.35 bits per heavy atom. The number of hydrogen-bond donors (Lipinski definition) is 1. The molecule has 0 saturated carbocycles. The predicted octanol–water partition coefficient (Wildman–Crippen LogP) is 1.79. The maximum atomic E-state index is 3.28. The average molecular weight is 241 g/mol. The summed E-state index contributed by atoms with van der Waals surface area (Å²) in [6, 6.07) is 0.667. The van der Waals surface area contributed by atoms with Gasteiger partial charge in [-0.15, -0.1) is 0 Å². The Morgan fingerprint density at radius 2 is 1.88 bits per heavy atom. The van der Waals surface area contributed by atoms with Crippen molar-refractivity contribution in [2.75, 3.05) is 33.7 Å². The fraction of sp³-hybridized carbons (Fsp3) is 1.00. The molecule has 1 atom stereocenters. The lowest BCUT2D eigenvalue weighted by atomic mass is 9.90. The summed E-state index contributed by atoms with van der Waals surface area (Å²) in [6.45, 7) is 15.1. The molecule has 3 nitrogen and oxygen atoms in total. The normalized spacial score (nSPS) is 27.4. The van der Waals surface area contributed by atoms with Crippen molar-refractivity contribution in [2.24, 2.45) is 0 Å². The van der Waals surface area contributed by atoms with Gasteiger partial charge in [0.1, 0.15) is 0 Å². The zero-order valence-electron chi connectivity index (χ0n) is 12.8. The van der Waals surface area contributed by atoms with Crippen LogP contribution in [0.2, 0.25) is 0 Å². The summed E-state index contributed by atoms with van der Waals surface area (Å²) in [4.78, 5) is 5.19. The van der Waals surface area contributed by atoms with Crippen molar-refractivity contribution in [1.82, 2.24) is 15.1 Å². The highest BCUT2D eigenvalue weighted by Crippen LogP contribution is 2.29. The maximum Gasteiger partial charge on any atom is 0.0278 e. The Hall–Kier alpha value is -0.120. The van der Waals surface area contributed by atoms with E-state index in [1.54, 1.807) is 0 Å². The molecule has 1 N–H and O–H groups in total. The van der Waals surface area contributed by atoms with Crippen LogP contribution in [0.1, 0.15) is 41.0 Å². The van der Waals surface area contributed by atoms with Gasteiger partial charge in [-0.1, -0.05) is 0 Å². The van der Waals surface area contributed by atoms with Crippen LogP contribution in [0, 0.1) is 0 Å². The second kappa shape index (κ2) is 5.25. The molecular weight excluding hydrogens is 210 g/mol. The second-order valence-electron chi connectivity index (χ2n) is 7.04. The van der Waals surface area contributed by atoms with Crippen molar-refractivity contribution >= 4 is 0 Å². The average Bonchev–Trinajstić information content (AvgIpc) is 2.18. The Kier molecular flexibility index (Phi) is 4.61. The van der Waals surface area contributed by atoms with E-state index in [1.165, 1.54) is 13.0 Å². The summed E-state index contributed by atoms with van der Waals surface area (Å²) in [5.74, 6) is 0. The molecule has 0 amide bonds. The second-order valence-corrected chi connectivity index (χ2v) is 7.04. The fourth-order valence-electron chi connectivity index (χ4n) is 2.67. The van der Waals surface area contributed by atoms with Crippen molar-refractivity contribution in [3.05, 3.63) is 0 Å². The van der Waals surface area contributed by atoms with E-state index in [0.29, 0.717) is 6.04 Å². The molecule has 1 rings (SSSR count). The Morgan fingerprint density at radius 1 is 1.29 bits per heavy atom. The molecule has 17 heavy (non-hydrogen) atoms. The van der Waals surface area contributed by atoms with Gasteiger partial charge in [-0.05, 0) is 61.7 Å². The maximum absolute atomic E-state index is 3.28. The van der Waals surface area contributed by atoms with Crippen molar-refractivity contribution < 1.29 is 0 Å². The molecule has 1 fully saturated rings. The molecule has 1 saturated heterocycles. The monoisotopic (exact) mass is 241 g/mol. The minimum Gasteiger partial charge on any atom is -0.320 e. The highest BCUT2D eigenvalue weighted by Gasteiger charge is 2.40. The van der Waals surface area contributed by atoms with Gasteiger partial charge in [-0.3, -0.25) is 9.80 Å². The van der Waals surface area contributed by atoms with Crippen LogP contribution in [0.15, 0.2) is 0 Å². The Balaban J connectivity index is 2.79. The van der Waals surface area contributed by atoms with E-state index >= 15 is 0 Å². The van der Waals surface area contributed by atoms with Gasteiger partial charge >= 0.3 is 0 Å². The van der Waals surface area contributed by atoms with Gasteiger partial charge in [0.15, 0.2) is 0 Å². The van der Waals surface area contributed by atoms with Crippen molar-refractivity contribution in [3.63, 3.8) is 0 Å². The first-order valence-corrected chi connectivity index (χ1v) is 6.81. The molecule has 0 aromatic rings. The van der Waals surface area contributed by atoms with Crippen molar-refractivity contribution in [2.45, 2.75) is 58.2 Å². The van der Waals surface area contributed by atoms with Crippen molar-refractivity contribution in [3.8, 4) is 0 Å². The highest BCUT2D eigenvalue weighted by atomic mass is 15.3. The van der Waals surface area contributed by atoms with Gasteiger partial charge < -0.3 is 5.32 Å². The third-order valence-corrected chi connectivity index (χ3v) is 4.11. The summed E-state index contributed by atoms with van der Waals surface area (Å²) >= 11 is 0. The summed E-state index contributed by atoms with van der Waals surface area (Å²) < 4.78 is 0. The lowest BCUT2D eigenvalue weighted by Gasteiger charge is -2.54. The molecule has 1 heterocycles. The fourth-order valence-corrected chi connectivity index (χ4v) is 2.67. The molecule has 102 valence electrons. The van der Waals surface area contributed by atoms with E-state index in [0.717, 1.165) is 13.1 Å². The van der Waals surface area contributed by atoms with Crippen molar-refractivity contribution in [1.29, 1.82) is 0 Å². The molecule has 0 radical (unpaired) electrons. The van der Waals surface area contributed by atoms with E-state index in [1.807, 2.05) is 7.05 Å². The molecule has 3 heteroatoms.